The van der Waals surface area contributed by atoms with E-state index in [1.807, 2.05) is 34.1 Å². The Hall–Kier alpha value is -2.87. The van der Waals surface area contributed by atoms with Gasteiger partial charge in [-0.2, -0.15) is 5.10 Å². The number of urea groups is 1. The predicted molar refractivity (Wildman–Crippen MR) is 102 cm³/mol. The van der Waals surface area contributed by atoms with Crippen LogP contribution in [0.2, 0.25) is 0 Å². The number of carbonyl (C=O) groups excluding carboxylic acids is 2. The molecule has 0 fully saturated rings. The Labute approximate surface area is 153 Å². The smallest absolute Gasteiger partial charge is 0.319 e. The first-order valence-corrected chi connectivity index (χ1v) is 8.49. The Bertz CT molecular complexity index is 756. The van der Waals surface area contributed by atoms with Crippen LogP contribution >= 0.6 is 0 Å². The molecule has 0 bridgehead atoms. The number of rotatable bonds is 7. The van der Waals surface area contributed by atoms with Gasteiger partial charge in [0.25, 0.3) is 0 Å². The molecule has 1 heterocycles. The van der Waals surface area contributed by atoms with Gasteiger partial charge in [-0.1, -0.05) is 13.0 Å². The van der Waals surface area contributed by atoms with Gasteiger partial charge in [0.05, 0.1) is 18.3 Å². The minimum absolute atomic E-state index is 0.112. The molecule has 0 aliphatic carbocycles. The van der Waals surface area contributed by atoms with Gasteiger partial charge in [-0.25, -0.2) is 4.79 Å². The van der Waals surface area contributed by atoms with Crippen molar-refractivity contribution in [3.8, 4) is 0 Å². The molecular weight excluding hydrogens is 332 g/mol. The van der Waals surface area contributed by atoms with Crippen molar-refractivity contribution in [1.82, 2.24) is 20.0 Å². The fourth-order valence-corrected chi connectivity index (χ4v) is 2.60. The van der Waals surface area contributed by atoms with E-state index in [1.54, 1.807) is 40.0 Å². The molecule has 0 saturated heterocycles. The van der Waals surface area contributed by atoms with Gasteiger partial charge in [-0.3, -0.25) is 9.48 Å². The van der Waals surface area contributed by atoms with Gasteiger partial charge >= 0.3 is 6.03 Å². The first-order valence-electron chi connectivity index (χ1n) is 8.49. The Balaban J connectivity index is 1.97. The second-order valence-corrected chi connectivity index (χ2v) is 6.31. The number of benzene rings is 1. The van der Waals surface area contributed by atoms with Gasteiger partial charge in [0.1, 0.15) is 0 Å². The third-order valence-corrected chi connectivity index (χ3v) is 3.79. The SMILES string of the molecule is CC[C@@H](NC(=O)Nc1cccc(NC(=O)CN(C)C)c1)c1ccnn1C. The number of nitrogens with zero attached hydrogens (tertiary/aromatic N) is 3. The highest BCUT2D eigenvalue weighted by Crippen LogP contribution is 2.17. The average Bonchev–Trinajstić information content (AvgIpc) is 2.98. The molecule has 1 aromatic carbocycles. The number of likely N-dealkylation sites (N-methyl/N-ethyl adjacent to an activating group) is 1. The lowest BCUT2D eigenvalue weighted by molar-refractivity contribution is -0.116. The fourth-order valence-electron chi connectivity index (χ4n) is 2.60. The first kappa shape index (κ1) is 19.5. The lowest BCUT2D eigenvalue weighted by Gasteiger charge is -2.18. The number of carbonyl (C=O) groups is 2. The van der Waals surface area contributed by atoms with E-state index in [9.17, 15) is 9.59 Å². The second kappa shape index (κ2) is 9.00. The highest BCUT2D eigenvalue weighted by molar-refractivity contribution is 5.94. The normalized spacial score (nSPS) is 11.9. The van der Waals surface area contributed by atoms with Crippen LogP contribution in [0.15, 0.2) is 36.5 Å². The molecule has 0 spiro atoms. The number of amides is 3. The zero-order valence-electron chi connectivity index (χ0n) is 15.6. The summed E-state index contributed by atoms with van der Waals surface area (Å²) in [5, 5.41) is 12.7. The van der Waals surface area contributed by atoms with Crippen LogP contribution in [0.5, 0.6) is 0 Å². The van der Waals surface area contributed by atoms with Gasteiger partial charge in [0, 0.05) is 24.6 Å². The van der Waals surface area contributed by atoms with Crippen molar-refractivity contribution in [1.29, 1.82) is 0 Å². The predicted octanol–water partition coefficient (Wildman–Crippen LogP) is 2.19. The van der Waals surface area contributed by atoms with E-state index in [4.69, 9.17) is 0 Å². The highest BCUT2D eigenvalue weighted by Gasteiger charge is 2.16. The maximum Gasteiger partial charge on any atom is 0.319 e. The van der Waals surface area contributed by atoms with Gasteiger partial charge in [0.2, 0.25) is 5.91 Å². The average molecular weight is 358 g/mol. The molecule has 2 rings (SSSR count). The monoisotopic (exact) mass is 358 g/mol. The van der Waals surface area contributed by atoms with Crippen molar-refractivity contribution in [3.05, 3.63) is 42.2 Å². The van der Waals surface area contributed by atoms with E-state index in [-0.39, 0.29) is 18.0 Å². The Morgan fingerprint density at radius 3 is 2.46 bits per heavy atom. The van der Waals surface area contributed by atoms with E-state index < -0.39 is 0 Å². The largest absolute Gasteiger partial charge is 0.330 e. The van der Waals surface area contributed by atoms with E-state index in [1.165, 1.54) is 0 Å². The van der Waals surface area contributed by atoms with Crippen LogP contribution in [-0.2, 0) is 11.8 Å². The topological polar surface area (TPSA) is 91.3 Å². The Morgan fingerprint density at radius 1 is 1.19 bits per heavy atom. The van der Waals surface area contributed by atoms with Crippen molar-refractivity contribution in [2.24, 2.45) is 7.05 Å². The minimum atomic E-state index is -0.310. The molecule has 0 saturated carbocycles. The summed E-state index contributed by atoms with van der Waals surface area (Å²) >= 11 is 0. The molecule has 1 aromatic heterocycles. The number of aromatic nitrogens is 2. The van der Waals surface area contributed by atoms with Crippen LogP contribution in [0.4, 0.5) is 16.2 Å². The second-order valence-electron chi connectivity index (χ2n) is 6.31. The third-order valence-electron chi connectivity index (χ3n) is 3.79. The number of hydrogen-bond acceptors (Lipinski definition) is 4. The van der Waals surface area contributed by atoms with Crippen LogP contribution in [0.3, 0.4) is 0 Å². The maximum absolute atomic E-state index is 12.3. The molecule has 8 heteroatoms. The van der Waals surface area contributed by atoms with E-state index in [0.29, 0.717) is 17.9 Å². The Morgan fingerprint density at radius 2 is 1.88 bits per heavy atom. The van der Waals surface area contributed by atoms with Crippen molar-refractivity contribution in [2.75, 3.05) is 31.3 Å². The van der Waals surface area contributed by atoms with Gasteiger partial charge in [-0.15, -0.1) is 0 Å². The summed E-state index contributed by atoms with van der Waals surface area (Å²) in [5.41, 5.74) is 2.17. The van der Waals surface area contributed by atoms with Crippen molar-refractivity contribution < 1.29 is 9.59 Å². The molecule has 26 heavy (non-hydrogen) atoms. The van der Waals surface area contributed by atoms with Crippen LogP contribution < -0.4 is 16.0 Å². The molecular formula is C18H26N6O2. The summed E-state index contributed by atoms with van der Waals surface area (Å²) in [7, 11) is 5.50. The summed E-state index contributed by atoms with van der Waals surface area (Å²) in [6.45, 7) is 2.29. The molecule has 2 aromatic rings. The lowest BCUT2D eigenvalue weighted by Crippen LogP contribution is -2.33. The molecule has 0 aliphatic rings. The summed E-state index contributed by atoms with van der Waals surface area (Å²) in [6.07, 6.45) is 2.45. The summed E-state index contributed by atoms with van der Waals surface area (Å²) < 4.78 is 1.75. The summed E-state index contributed by atoms with van der Waals surface area (Å²) in [6, 6.07) is 8.49. The minimum Gasteiger partial charge on any atom is -0.330 e. The molecule has 0 aliphatic heterocycles. The molecule has 3 N–H and O–H groups in total. The molecule has 1 atom stereocenters. The fraction of sp³-hybridized carbons (Fsp3) is 0.389. The van der Waals surface area contributed by atoms with Crippen LogP contribution in [0.25, 0.3) is 0 Å². The molecule has 0 radical (unpaired) electrons. The van der Waals surface area contributed by atoms with Crippen molar-refractivity contribution in [3.63, 3.8) is 0 Å². The number of anilines is 2. The quantitative estimate of drug-likeness (QED) is 0.707. The molecule has 140 valence electrons. The van der Waals surface area contributed by atoms with Crippen LogP contribution in [0, 0.1) is 0 Å². The molecule has 0 unspecified atom stereocenters. The van der Waals surface area contributed by atoms with E-state index in [2.05, 4.69) is 21.0 Å². The zero-order valence-corrected chi connectivity index (χ0v) is 15.6. The van der Waals surface area contributed by atoms with Gasteiger partial charge < -0.3 is 20.9 Å². The van der Waals surface area contributed by atoms with Crippen LogP contribution in [-0.4, -0.2) is 47.3 Å². The summed E-state index contributed by atoms with van der Waals surface area (Å²) in [5.74, 6) is -0.112. The zero-order chi connectivity index (χ0) is 19.1. The molecule has 3 amide bonds. The third kappa shape index (κ3) is 5.59. The van der Waals surface area contributed by atoms with Gasteiger partial charge in [0.15, 0.2) is 0 Å². The van der Waals surface area contributed by atoms with Crippen molar-refractivity contribution >= 4 is 23.3 Å². The molecule has 8 nitrogen and oxygen atoms in total. The number of nitrogens with one attached hydrogen (secondary N) is 3. The maximum atomic E-state index is 12.3. The highest BCUT2D eigenvalue weighted by atomic mass is 16.2. The Kier molecular flexibility index (Phi) is 6.74. The lowest BCUT2D eigenvalue weighted by atomic mass is 10.1. The standard InChI is InChI=1S/C18H26N6O2/c1-5-15(16-9-10-19-24(16)4)22-18(26)21-14-8-6-7-13(11-14)20-17(25)12-23(2)3/h6-11,15H,5,12H2,1-4H3,(H,20,25)(H2,21,22,26)/t15-/m1/s1. The first-order chi connectivity index (χ1) is 12.4. The number of aryl methyl sites for hydroxylation is 1. The van der Waals surface area contributed by atoms with Gasteiger partial charge in [-0.05, 0) is 44.8 Å². The van der Waals surface area contributed by atoms with E-state index >= 15 is 0 Å². The number of hydrogen-bond donors (Lipinski definition) is 3. The summed E-state index contributed by atoms with van der Waals surface area (Å²) in [4.78, 5) is 26.0. The van der Waals surface area contributed by atoms with Crippen molar-refractivity contribution in [2.45, 2.75) is 19.4 Å². The van der Waals surface area contributed by atoms with Crippen LogP contribution in [0.1, 0.15) is 25.1 Å². The van der Waals surface area contributed by atoms with E-state index in [0.717, 1.165) is 12.1 Å².